The Morgan fingerprint density at radius 2 is 1.58 bits per heavy atom. The predicted octanol–water partition coefficient (Wildman–Crippen LogP) is 5.20. The van der Waals surface area contributed by atoms with Crippen molar-refractivity contribution in [3.8, 4) is 0 Å². The summed E-state index contributed by atoms with van der Waals surface area (Å²) in [6, 6.07) is 18.7. The van der Waals surface area contributed by atoms with Crippen molar-refractivity contribution in [3.63, 3.8) is 0 Å². The van der Waals surface area contributed by atoms with Crippen molar-refractivity contribution in [2.24, 2.45) is 0 Å². The number of hydrogen-bond donors (Lipinski definition) is 1. The van der Waals surface area contributed by atoms with Crippen molar-refractivity contribution >= 4 is 14.3 Å². The van der Waals surface area contributed by atoms with E-state index in [0.717, 1.165) is 5.56 Å². The Morgan fingerprint density at radius 1 is 1.00 bits per heavy atom. The molecule has 2 atom stereocenters. The van der Waals surface area contributed by atoms with E-state index in [1.54, 1.807) is 24.3 Å². The van der Waals surface area contributed by atoms with Crippen LogP contribution in [0.25, 0.3) is 0 Å². The minimum Gasteiger partial charge on any atom is -0.456 e. The lowest BCUT2D eigenvalue weighted by molar-refractivity contribution is -0.0479. The third kappa shape index (κ3) is 8.22. The van der Waals surface area contributed by atoms with Crippen molar-refractivity contribution in [2.45, 2.75) is 64.1 Å². The van der Waals surface area contributed by atoms with Crippen LogP contribution in [0, 0.1) is 0 Å². The Balaban J connectivity index is 1.97. The van der Waals surface area contributed by atoms with Crippen molar-refractivity contribution in [1.82, 2.24) is 0 Å². The van der Waals surface area contributed by atoms with Crippen LogP contribution >= 0.6 is 0 Å². The van der Waals surface area contributed by atoms with Crippen molar-refractivity contribution < 1.29 is 23.8 Å². The van der Waals surface area contributed by atoms with E-state index in [9.17, 15) is 9.90 Å². The molecule has 0 fully saturated rings. The predicted molar refractivity (Wildman–Crippen MR) is 126 cm³/mol. The fraction of sp³-hybridized carbons (Fsp3) is 0.480. The van der Waals surface area contributed by atoms with Gasteiger partial charge in [0.1, 0.15) is 12.2 Å². The van der Waals surface area contributed by atoms with Crippen molar-refractivity contribution in [1.29, 1.82) is 0 Å². The number of carbonyl (C=O) groups excluding carboxylic acids is 1. The van der Waals surface area contributed by atoms with Gasteiger partial charge in [-0.15, -0.1) is 0 Å². The molecule has 0 saturated carbocycles. The first-order valence-corrected chi connectivity index (χ1v) is 13.7. The van der Waals surface area contributed by atoms with Crippen molar-refractivity contribution in [2.75, 3.05) is 13.2 Å². The maximum absolute atomic E-state index is 12.6. The Bertz CT molecular complexity index is 787. The summed E-state index contributed by atoms with van der Waals surface area (Å²) in [7, 11) is -2.03. The number of rotatable bonds is 11. The molecular formula is C25H36O5Si. The SMILES string of the molecule is CC(C)(C)[Si](C)(C)OC[C@H](O)[C@@H](CCOCc1ccccc1)OC(=O)c1ccccc1. The summed E-state index contributed by atoms with van der Waals surface area (Å²) in [5.74, 6) is -0.458. The third-order valence-corrected chi connectivity index (χ3v) is 10.3. The Kier molecular flexibility index (Phi) is 9.44. The van der Waals surface area contributed by atoms with E-state index in [-0.39, 0.29) is 11.6 Å². The van der Waals surface area contributed by atoms with Crippen LogP contribution in [0.15, 0.2) is 60.7 Å². The summed E-state index contributed by atoms with van der Waals surface area (Å²) in [6.45, 7) is 11.7. The maximum Gasteiger partial charge on any atom is 0.338 e. The molecule has 0 saturated heterocycles. The maximum atomic E-state index is 12.6. The molecule has 0 unspecified atom stereocenters. The lowest BCUT2D eigenvalue weighted by atomic mass is 10.1. The lowest BCUT2D eigenvalue weighted by Crippen LogP contribution is -2.45. The average molecular weight is 445 g/mol. The summed E-state index contributed by atoms with van der Waals surface area (Å²) < 4.78 is 17.6. The Labute approximate surface area is 187 Å². The molecule has 1 N–H and O–H groups in total. The lowest BCUT2D eigenvalue weighted by Gasteiger charge is -2.37. The largest absolute Gasteiger partial charge is 0.456 e. The second kappa shape index (κ2) is 11.6. The molecule has 2 rings (SSSR count). The minimum absolute atomic E-state index is 0.0295. The zero-order valence-corrected chi connectivity index (χ0v) is 20.3. The molecule has 0 heterocycles. The van der Waals surface area contributed by atoms with E-state index in [2.05, 4.69) is 33.9 Å². The highest BCUT2D eigenvalue weighted by Gasteiger charge is 2.38. The Hall–Kier alpha value is -1.99. The molecule has 0 radical (unpaired) electrons. The van der Waals surface area contributed by atoms with Crippen LogP contribution in [0.1, 0.15) is 43.1 Å². The summed E-state index contributed by atoms with van der Waals surface area (Å²) in [4.78, 5) is 12.6. The van der Waals surface area contributed by atoms with Gasteiger partial charge in [-0.1, -0.05) is 69.3 Å². The molecule has 2 aromatic carbocycles. The van der Waals surface area contributed by atoms with Gasteiger partial charge in [0.25, 0.3) is 0 Å². The Morgan fingerprint density at radius 3 is 2.16 bits per heavy atom. The molecule has 170 valence electrons. The topological polar surface area (TPSA) is 65.0 Å². The highest BCUT2D eigenvalue weighted by Crippen LogP contribution is 2.36. The molecule has 0 aliphatic heterocycles. The van der Waals surface area contributed by atoms with E-state index < -0.39 is 26.5 Å². The second-order valence-electron chi connectivity index (χ2n) is 9.28. The average Bonchev–Trinajstić information content (AvgIpc) is 2.74. The third-order valence-electron chi connectivity index (χ3n) is 5.78. The number of esters is 1. The van der Waals surface area contributed by atoms with Crippen LogP contribution in [0.5, 0.6) is 0 Å². The van der Waals surface area contributed by atoms with Crippen LogP contribution in [-0.2, 0) is 20.5 Å². The molecule has 5 nitrogen and oxygen atoms in total. The smallest absolute Gasteiger partial charge is 0.338 e. The first-order chi connectivity index (χ1) is 14.6. The first kappa shape index (κ1) is 25.3. The zero-order valence-electron chi connectivity index (χ0n) is 19.3. The summed E-state index contributed by atoms with van der Waals surface area (Å²) >= 11 is 0. The van der Waals surface area contributed by atoms with Gasteiger partial charge in [0, 0.05) is 6.42 Å². The zero-order chi connectivity index (χ0) is 22.9. The molecule has 0 amide bonds. The van der Waals surface area contributed by atoms with E-state index >= 15 is 0 Å². The van der Waals surface area contributed by atoms with Crippen LogP contribution in [-0.4, -0.2) is 44.8 Å². The summed E-state index contributed by atoms with van der Waals surface area (Å²) in [5.41, 5.74) is 1.53. The second-order valence-corrected chi connectivity index (χ2v) is 14.1. The number of benzene rings is 2. The first-order valence-electron chi connectivity index (χ1n) is 10.8. The van der Waals surface area contributed by atoms with Gasteiger partial charge >= 0.3 is 5.97 Å². The van der Waals surface area contributed by atoms with Crippen molar-refractivity contribution in [3.05, 3.63) is 71.8 Å². The van der Waals surface area contributed by atoms with E-state index in [4.69, 9.17) is 13.9 Å². The molecular weight excluding hydrogens is 408 g/mol. The van der Waals surface area contributed by atoms with Crippen LogP contribution in [0.3, 0.4) is 0 Å². The molecule has 0 bridgehead atoms. The van der Waals surface area contributed by atoms with Gasteiger partial charge in [0.2, 0.25) is 0 Å². The van der Waals surface area contributed by atoms with Gasteiger partial charge in [0.15, 0.2) is 8.32 Å². The fourth-order valence-corrected chi connectivity index (χ4v) is 3.71. The molecule has 2 aromatic rings. The van der Waals surface area contributed by atoms with E-state index in [0.29, 0.717) is 25.2 Å². The van der Waals surface area contributed by atoms with Crippen LogP contribution in [0.2, 0.25) is 18.1 Å². The van der Waals surface area contributed by atoms with E-state index in [1.165, 1.54) is 0 Å². The van der Waals surface area contributed by atoms with Gasteiger partial charge in [0.05, 0.1) is 25.4 Å². The number of hydrogen-bond acceptors (Lipinski definition) is 5. The normalized spacial score (nSPS) is 14.1. The number of aliphatic hydroxyl groups is 1. The van der Waals surface area contributed by atoms with Crippen LogP contribution in [0.4, 0.5) is 0 Å². The summed E-state index contributed by atoms with van der Waals surface area (Å²) in [6.07, 6.45) is -1.26. The van der Waals surface area contributed by atoms with Gasteiger partial charge < -0.3 is 19.0 Å². The highest BCUT2D eigenvalue weighted by atomic mass is 28.4. The van der Waals surface area contributed by atoms with Gasteiger partial charge in [-0.25, -0.2) is 4.79 Å². The molecule has 31 heavy (non-hydrogen) atoms. The fourth-order valence-electron chi connectivity index (χ4n) is 2.69. The van der Waals surface area contributed by atoms with Crippen LogP contribution < -0.4 is 0 Å². The monoisotopic (exact) mass is 444 g/mol. The molecule has 0 spiro atoms. The minimum atomic E-state index is -2.03. The van der Waals surface area contributed by atoms with Gasteiger partial charge in [-0.05, 0) is 35.8 Å². The standard InChI is InChI=1S/C25H36O5Si/c1-25(2,3)31(4,5)29-19-22(26)23(30-24(27)21-14-10-7-11-15-21)16-17-28-18-20-12-8-6-9-13-20/h6-15,22-23,26H,16-19H2,1-5H3/t22-,23+/m0/s1. The van der Waals surface area contributed by atoms with Gasteiger partial charge in [-0.2, -0.15) is 0 Å². The van der Waals surface area contributed by atoms with Gasteiger partial charge in [-0.3, -0.25) is 0 Å². The molecule has 0 aliphatic carbocycles. The van der Waals surface area contributed by atoms with E-state index in [1.807, 2.05) is 36.4 Å². The number of carbonyl (C=O) groups is 1. The number of ether oxygens (including phenoxy) is 2. The summed E-state index contributed by atoms with van der Waals surface area (Å²) in [5, 5.41) is 10.8. The number of aliphatic hydroxyl groups excluding tert-OH is 1. The molecule has 6 heteroatoms. The quantitative estimate of drug-likeness (QED) is 0.293. The molecule has 0 aromatic heterocycles. The highest BCUT2D eigenvalue weighted by molar-refractivity contribution is 6.74. The molecule has 0 aliphatic rings.